The Morgan fingerprint density at radius 2 is 0.915 bits per heavy atom. The first-order valence-electron chi connectivity index (χ1n) is 16.4. The summed E-state index contributed by atoms with van der Waals surface area (Å²) in [7, 11) is 0. The number of rotatable bonds is 3. The quantitative estimate of drug-likeness (QED) is 0.191. The lowest BCUT2D eigenvalue weighted by atomic mass is 9.67. The summed E-state index contributed by atoms with van der Waals surface area (Å²) < 4.78 is 0. The molecule has 47 heavy (non-hydrogen) atoms. The lowest BCUT2D eigenvalue weighted by Crippen LogP contribution is -2.28. The van der Waals surface area contributed by atoms with Crippen LogP contribution in [0.2, 0.25) is 0 Å². The largest absolute Gasteiger partial charge is 0.0894 e. The molecule has 0 aromatic heterocycles. The van der Waals surface area contributed by atoms with Crippen molar-refractivity contribution in [3.8, 4) is 11.1 Å². The molecule has 0 bridgehead atoms. The SMILES string of the molecule is c1ccc(C2(c3ccccc3)c3ccccc3-c3ccc(C4c5c(ccc6ccccc56)Sc5ccc6ccccc6c54)cc32)cc1. The van der Waals surface area contributed by atoms with Gasteiger partial charge in [0.25, 0.3) is 0 Å². The summed E-state index contributed by atoms with van der Waals surface area (Å²) in [4.78, 5) is 2.69. The molecule has 0 N–H and O–H groups in total. The molecule has 8 aromatic carbocycles. The van der Waals surface area contributed by atoms with Gasteiger partial charge in [0.2, 0.25) is 0 Å². The zero-order valence-corrected chi connectivity index (χ0v) is 26.5. The van der Waals surface area contributed by atoms with Gasteiger partial charge in [0, 0.05) is 15.7 Å². The average Bonchev–Trinajstić information content (AvgIpc) is 3.45. The summed E-state index contributed by atoms with van der Waals surface area (Å²) >= 11 is 1.92. The zero-order valence-electron chi connectivity index (χ0n) is 25.7. The highest BCUT2D eigenvalue weighted by Gasteiger charge is 2.46. The van der Waals surface area contributed by atoms with Gasteiger partial charge < -0.3 is 0 Å². The second-order valence-corrected chi connectivity index (χ2v) is 13.8. The molecule has 0 saturated heterocycles. The molecule has 1 heterocycles. The van der Waals surface area contributed by atoms with E-state index in [4.69, 9.17) is 0 Å². The van der Waals surface area contributed by atoms with Gasteiger partial charge in [-0.15, -0.1) is 0 Å². The third kappa shape index (κ3) is 3.78. The Labute approximate surface area is 279 Å². The van der Waals surface area contributed by atoms with Crippen molar-refractivity contribution in [3.63, 3.8) is 0 Å². The molecule has 0 atom stereocenters. The van der Waals surface area contributed by atoms with Crippen LogP contribution in [0.25, 0.3) is 32.7 Å². The fourth-order valence-electron chi connectivity index (χ4n) is 8.56. The number of hydrogen-bond acceptors (Lipinski definition) is 1. The summed E-state index contributed by atoms with van der Waals surface area (Å²) in [6.45, 7) is 0. The van der Waals surface area contributed by atoms with Crippen LogP contribution in [0.3, 0.4) is 0 Å². The molecule has 8 aromatic rings. The Morgan fingerprint density at radius 1 is 0.404 bits per heavy atom. The molecule has 1 aliphatic heterocycles. The van der Waals surface area contributed by atoms with E-state index in [9.17, 15) is 0 Å². The lowest BCUT2D eigenvalue weighted by molar-refractivity contribution is 0.764. The molecular weight excluding hydrogens is 585 g/mol. The third-order valence-corrected chi connectivity index (χ3v) is 11.6. The van der Waals surface area contributed by atoms with Crippen molar-refractivity contribution in [2.45, 2.75) is 21.1 Å². The highest BCUT2D eigenvalue weighted by atomic mass is 32.2. The first-order valence-corrected chi connectivity index (χ1v) is 17.2. The Morgan fingerprint density at radius 3 is 1.53 bits per heavy atom. The van der Waals surface area contributed by atoms with Gasteiger partial charge in [0.05, 0.1) is 5.41 Å². The summed E-state index contributed by atoms with van der Waals surface area (Å²) in [5.74, 6) is 0.0803. The van der Waals surface area contributed by atoms with Gasteiger partial charge >= 0.3 is 0 Å². The maximum Gasteiger partial charge on any atom is 0.0713 e. The Hall–Kier alpha value is -5.37. The van der Waals surface area contributed by atoms with E-state index in [-0.39, 0.29) is 5.92 Å². The molecule has 0 unspecified atom stereocenters. The van der Waals surface area contributed by atoms with Gasteiger partial charge in [0.1, 0.15) is 0 Å². The van der Waals surface area contributed by atoms with Crippen LogP contribution in [-0.4, -0.2) is 0 Å². The van der Waals surface area contributed by atoms with E-state index in [1.807, 2.05) is 11.8 Å². The molecule has 10 rings (SSSR count). The molecule has 2 aliphatic rings. The molecule has 0 nitrogen and oxygen atoms in total. The van der Waals surface area contributed by atoms with E-state index in [1.54, 1.807) is 0 Å². The van der Waals surface area contributed by atoms with Gasteiger partial charge in [-0.1, -0.05) is 176 Å². The molecule has 0 radical (unpaired) electrons. The highest BCUT2D eigenvalue weighted by Crippen LogP contribution is 2.58. The monoisotopic (exact) mass is 614 g/mol. The summed E-state index contributed by atoms with van der Waals surface area (Å²) in [6.07, 6.45) is 0. The molecule has 0 amide bonds. The van der Waals surface area contributed by atoms with Crippen molar-refractivity contribution >= 4 is 33.3 Å². The minimum Gasteiger partial charge on any atom is -0.0894 e. The fraction of sp³-hybridized carbons (Fsp3) is 0.0435. The summed E-state index contributed by atoms with van der Waals surface area (Å²) in [5.41, 5.74) is 11.7. The van der Waals surface area contributed by atoms with Crippen LogP contribution in [0, 0.1) is 0 Å². The molecule has 0 saturated carbocycles. The van der Waals surface area contributed by atoms with Crippen molar-refractivity contribution in [1.29, 1.82) is 0 Å². The van der Waals surface area contributed by atoms with E-state index in [0.717, 1.165) is 0 Å². The first-order chi connectivity index (χ1) is 23.3. The van der Waals surface area contributed by atoms with Crippen LogP contribution < -0.4 is 0 Å². The van der Waals surface area contributed by atoms with Gasteiger partial charge in [0.15, 0.2) is 0 Å². The smallest absolute Gasteiger partial charge is 0.0713 e. The van der Waals surface area contributed by atoms with Crippen molar-refractivity contribution in [2.24, 2.45) is 0 Å². The Balaban J connectivity index is 1.33. The molecule has 1 heteroatoms. The van der Waals surface area contributed by atoms with Gasteiger partial charge in [-0.2, -0.15) is 0 Å². The Bertz CT molecular complexity index is 2370. The second-order valence-electron chi connectivity index (χ2n) is 12.8. The third-order valence-electron chi connectivity index (χ3n) is 10.5. The number of fused-ring (bicyclic) bond motifs is 9. The number of benzene rings is 8. The molecule has 220 valence electrons. The van der Waals surface area contributed by atoms with Crippen molar-refractivity contribution in [2.75, 3.05) is 0 Å². The van der Waals surface area contributed by atoms with E-state index in [2.05, 4.69) is 176 Å². The van der Waals surface area contributed by atoms with E-state index >= 15 is 0 Å². The van der Waals surface area contributed by atoms with Crippen molar-refractivity contribution in [3.05, 3.63) is 215 Å². The predicted molar refractivity (Wildman–Crippen MR) is 197 cm³/mol. The standard InChI is InChI=1S/C46H30S/c1-3-15-33(16-4-1)46(34-17-5-2-6-18-34)39-22-12-11-21-37(39)38-26-23-32(29-40(38)46)43-44-35-19-9-7-13-30(35)24-27-41(44)47-42-28-25-31-14-8-10-20-36(31)45(42)43/h1-29,43H. The van der Waals surface area contributed by atoms with Gasteiger partial charge in [-0.25, -0.2) is 0 Å². The fourth-order valence-corrected chi connectivity index (χ4v) is 9.75. The van der Waals surface area contributed by atoms with Gasteiger partial charge in [-0.05, 0) is 83.7 Å². The molecular formula is C46H30S. The predicted octanol–water partition coefficient (Wildman–Crippen LogP) is 12.0. The molecule has 0 fully saturated rings. The Kier molecular flexibility index (Phi) is 5.89. The maximum absolute atomic E-state index is 2.56. The highest BCUT2D eigenvalue weighted by molar-refractivity contribution is 7.99. The van der Waals surface area contributed by atoms with E-state index < -0.39 is 5.41 Å². The number of hydrogen-bond donors (Lipinski definition) is 0. The van der Waals surface area contributed by atoms with Crippen molar-refractivity contribution in [1.82, 2.24) is 0 Å². The first kappa shape index (κ1) is 26.8. The normalized spacial score (nSPS) is 14.4. The van der Waals surface area contributed by atoms with Crippen LogP contribution in [0.5, 0.6) is 0 Å². The van der Waals surface area contributed by atoms with E-state index in [0.29, 0.717) is 0 Å². The van der Waals surface area contributed by atoms with Crippen molar-refractivity contribution < 1.29 is 0 Å². The topological polar surface area (TPSA) is 0 Å². The average molecular weight is 615 g/mol. The molecule has 0 spiro atoms. The minimum absolute atomic E-state index is 0.0803. The van der Waals surface area contributed by atoms with Crippen LogP contribution in [0.1, 0.15) is 44.9 Å². The van der Waals surface area contributed by atoms with Crippen LogP contribution in [0.15, 0.2) is 186 Å². The second kappa shape index (κ2) is 10.3. The summed E-state index contributed by atoms with van der Waals surface area (Å²) in [6, 6.07) is 65.8. The minimum atomic E-state index is -0.433. The lowest BCUT2D eigenvalue weighted by Gasteiger charge is -2.35. The zero-order chi connectivity index (χ0) is 31.0. The van der Waals surface area contributed by atoms with Gasteiger partial charge in [-0.3, -0.25) is 0 Å². The maximum atomic E-state index is 2.56. The molecule has 1 aliphatic carbocycles. The summed E-state index contributed by atoms with van der Waals surface area (Å²) in [5, 5.41) is 5.25. The van der Waals surface area contributed by atoms with Crippen LogP contribution in [-0.2, 0) is 5.41 Å². The van der Waals surface area contributed by atoms with Crippen LogP contribution >= 0.6 is 11.8 Å². The van der Waals surface area contributed by atoms with Crippen LogP contribution in [0.4, 0.5) is 0 Å². The van der Waals surface area contributed by atoms with E-state index in [1.165, 1.54) is 81.4 Å².